The Morgan fingerprint density at radius 3 is 2.08 bits per heavy atom. The summed E-state index contributed by atoms with van der Waals surface area (Å²) in [6.45, 7) is 0. The molecule has 0 fully saturated rings. The summed E-state index contributed by atoms with van der Waals surface area (Å²) in [6.07, 6.45) is 3.74. The predicted octanol–water partition coefficient (Wildman–Crippen LogP) is 5.54. The number of hydrogen-bond acceptors (Lipinski definition) is 6. The van der Waals surface area contributed by atoms with Gasteiger partial charge in [0.15, 0.2) is 16.0 Å². The molecule has 0 aliphatic rings. The maximum absolute atomic E-state index is 5.43. The van der Waals surface area contributed by atoms with Gasteiger partial charge in [-0.05, 0) is 71.8 Å². The van der Waals surface area contributed by atoms with Crippen molar-refractivity contribution in [2.45, 2.75) is 4.90 Å². The molecule has 0 atom stereocenters. The number of pyridine rings is 1. The van der Waals surface area contributed by atoms with Crippen LogP contribution in [-0.4, -0.2) is 21.5 Å². The van der Waals surface area contributed by atoms with Crippen molar-refractivity contribution in [2.24, 2.45) is 0 Å². The Hall–Kier alpha value is -1.72. The highest BCUT2D eigenvalue weighted by Gasteiger charge is 2.13. The molecule has 0 bridgehead atoms. The maximum Gasteiger partial charge on any atom is 0.177 e. The molecule has 0 spiro atoms. The molecule has 26 heavy (non-hydrogen) atoms. The first-order valence-electron chi connectivity index (χ1n) is 7.41. The third-order valence-corrected chi connectivity index (χ3v) is 5.88. The fourth-order valence-electron chi connectivity index (χ4n) is 2.04. The minimum atomic E-state index is 0.471. The van der Waals surface area contributed by atoms with E-state index in [9.17, 15) is 0 Å². The number of anilines is 4. The van der Waals surface area contributed by atoms with Gasteiger partial charge in [0.25, 0.3) is 0 Å². The first kappa shape index (κ1) is 19.1. The Bertz CT molecular complexity index is 877. The second-order valence-electron chi connectivity index (χ2n) is 4.85. The molecule has 3 aromatic rings. The summed E-state index contributed by atoms with van der Waals surface area (Å²) < 4.78 is 0. The van der Waals surface area contributed by atoms with Gasteiger partial charge in [0, 0.05) is 11.1 Å². The predicted molar refractivity (Wildman–Crippen MR) is 124 cm³/mol. The quantitative estimate of drug-likeness (QED) is 0.306. The van der Waals surface area contributed by atoms with Crippen molar-refractivity contribution >= 4 is 90.6 Å². The van der Waals surface area contributed by atoms with Gasteiger partial charge in [0.05, 0.1) is 15.7 Å². The summed E-state index contributed by atoms with van der Waals surface area (Å²) in [4.78, 5) is 5.42. The van der Waals surface area contributed by atoms with Gasteiger partial charge in [-0.1, -0.05) is 0 Å². The second kappa shape index (κ2) is 9.28. The minimum absolute atomic E-state index is 0.471. The maximum atomic E-state index is 5.43. The number of rotatable bonds is 5. The lowest BCUT2D eigenvalue weighted by atomic mass is 10.3. The molecule has 3 heterocycles. The van der Waals surface area contributed by atoms with Crippen LogP contribution in [0.1, 0.15) is 0 Å². The first-order valence-corrected chi connectivity index (χ1v) is 11.2. The number of thiophene rings is 2. The molecule has 0 aliphatic carbocycles. The van der Waals surface area contributed by atoms with Gasteiger partial charge in [-0.2, -0.15) is 0 Å². The van der Waals surface area contributed by atoms with Crippen LogP contribution in [0.25, 0.3) is 0 Å². The fourth-order valence-corrected chi connectivity index (χ4v) is 4.38. The third-order valence-electron chi connectivity index (χ3n) is 3.12. The molecular formula is C16H15N5S5. The van der Waals surface area contributed by atoms with Crippen molar-refractivity contribution < 1.29 is 0 Å². The van der Waals surface area contributed by atoms with Crippen molar-refractivity contribution in [1.29, 1.82) is 0 Å². The number of aromatic nitrogens is 1. The Morgan fingerprint density at radius 1 is 0.923 bits per heavy atom. The number of nitrogens with zero attached hydrogens (tertiary/aromatic N) is 1. The molecule has 3 rings (SSSR count). The van der Waals surface area contributed by atoms with Crippen molar-refractivity contribution in [3.8, 4) is 0 Å². The van der Waals surface area contributed by atoms with Crippen LogP contribution < -0.4 is 21.3 Å². The van der Waals surface area contributed by atoms with Crippen LogP contribution in [0.5, 0.6) is 0 Å². The van der Waals surface area contributed by atoms with Crippen LogP contribution in [-0.2, 0) is 0 Å². The normalized spacial score (nSPS) is 10.2. The lowest BCUT2D eigenvalue weighted by Crippen LogP contribution is -2.23. The van der Waals surface area contributed by atoms with E-state index in [1.54, 1.807) is 40.6 Å². The van der Waals surface area contributed by atoms with Crippen molar-refractivity contribution in [1.82, 2.24) is 4.98 Å². The molecular weight excluding hydrogens is 423 g/mol. The standard InChI is InChI=1S/C16H15N5S5/c1-24-10-6-7-17-14(21-16(23)19-12-5-3-9-26-12)13(10)20-15(22)18-11-4-2-8-25-11/h2-9H,1H3,(H2,18,20,22)(H2,17,19,21,23). The highest BCUT2D eigenvalue weighted by molar-refractivity contribution is 7.98. The zero-order valence-electron chi connectivity index (χ0n) is 13.6. The zero-order valence-corrected chi connectivity index (χ0v) is 17.7. The van der Waals surface area contributed by atoms with Gasteiger partial charge in [0.1, 0.15) is 0 Å². The SMILES string of the molecule is CSc1ccnc(NC(=S)Nc2cccs2)c1NC(=S)Nc1cccs1. The largest absolute Gasteiger partial charge is 0.328 e. The molecule has 0 aliphatic heterocycles. The van der Waals surface area contributed by atoms with Gasteiger partial charge in [-0.15, -0.1) is 34.4 Å². The molecule has 0 radical (unpaired) electrons. The fraction of sp³-hybridized carbons (Fsp3) is 0.0625. The molecule has 3 aromatic heterocycles. The van der Waals surface area contributed by atoms with Crippen LogP contribution >= 0.6 is 58.9 Å². The first-order chi connectivity index (χ1) is 12.7. The van der Waals surface area contributed by atoms with Gasteiger partial charge in [-0.25, -0.2) is 4.98 Å². The number of thioether (sulfide) groups is 1. The molecule has 10 heteroatoms. The second-order valence-corrected chi connectivity index (χ2v) is 8.41. The Balaban J connectivity index is 1.74. The Labute approximate surface area is 174 Å². The summed E-state index contributed by atoms with van der Waals surface area (Å²) in [6, 6.07) is 9.79. The van der Waals surface area contributed by atoms with Crippen LogP contribution in [0.15, 0.2) is 52.2 Å². The van der Waals surface area contributed by atoms with E-state index in [2.05, 4.69) is 26.3 Å². The Kier molecular flexibility index (Phi) is 6.80. The van der Waals surface area contributed by atoms with E-state index in [1.165, 1.54) is 0 Å². The molecule has 0 saturated heterocycles. The lowest BCUT2D eigenvalue weighted by Gasteiger charge is -2.17. The van der Waals surface area contributed by atoms with Crippen LogP contribution in [0, 0.1) is 0 Å². The number of hydrogen-bond donors (Lipinski definition) is 4. The molecule has 0 aromatic carbocycles. The van der Waals surface area contributed by atoms with Crippen molar-refractivity contribution in [3.63, 3.8) is 0 Å². The van der Waals surface area contributed by atoms with E-state index in [1.807, 2.05) is 47.3 Å². The monoisotopic (exact) mass is 437 g/mol. The summed E-state index contributed by atoms with van der Waals surface area (Å²) in [5.74, 6) is 0.612. The van der Waals surface area contributed by atoms with Gasteiger partial charge in [-0.3, -0.25) is 0 Å². The topological polar surface area (TPSA) is 61.0 Å². The minimum Gasteiger partial charge on any atom is -0.328 e. The summed E-state index contributed by atoms with van der Waals surface area (Å²) in [7, 11) is 0. The van der Waals surface area contributed by atoms with Crippen molar-refractivity contribution in [3.05, 3.63) is 47.3 Å². The third kappa shape index (κ3) is 5.15. The van der Waals surface area contributed by atoms with Crippen molar-refractivity contribution in [2.75, 3.05) is 27.5 Å². The number of thiocarbonyl (C=S) groups is 2. The number of nitrogens with one attached hydrogen (secondary N) is 4. The molecule has 5 nitrogen and oxygen atoms in total. The summed E-state index contributed by atoms with van der Waals surface area (Å²) >= 11 is 15.6. The van der Waals surface area contributed by atoms with Gasteiger partial charge < -0.3 is 21.3 Å². The van der Waals surface area contributed by atoms with E-state index in [4.69, 9.17) is 24.4 Å². The van der Waals surface area contributed by atoms with E-state index < -0.39 is 0 Å². The van der Waals surface area contributed by atoms with E-state index >= 15 is 0 Å². The van der Waals surface area contributed by atoms with E-state index in [-0.39, 0.29) is 0 Å². The zero-order chi connectivity index (χ0) is 18.4. The molecule has 0 amide bonds. The lowest BCUT2D eigenvalue weighted by molar-refractivity contribution is 1.26. The van der Waals surface area contributed by atoms with Crippen LogP contribution in [0.2, 0.25) is 0 Å². The highest BCUT2D eigenvalue weighted by Crippen LogP contribution is 2.31. The molecule has 4 N–H and O–H groups in total. The van der Waals surface area contributed by atoms with Gasteiger partial charge >= 0.3 is 0 Å². The molecule has 0 saturated carbocycles. The molecule has 134 valence electrons. The Morgan fingerprint density at radius 2 is 1.54 bits per heavy atom. The molecule has 0 unspecified atom stereocenters. The summed E-state index contributed by atoms with van der Waals surface area (Å²) in [5.41, 5.74) is 0.782. The smallest absolute Gasteiger partial charge is 0.177 e. The average molecular weight is 438 g/mol. The highest BCUT2D eigenvalue weighted by atomic mass is 32.2. The average Bonchev–Trinajstić information content (AvgIpc) is 3.30. The van der Waals surface area contributed by atoms with E-state index in [0.717, 1.165) is 20.6 Å². The summed E-state index contributed by atoms with van der Waals surface area (Å²) in [5, 5.41) is 19.6. The van der Waals surface area contributed by atoms with Crippen LogP contribution in [0.4, 0.5) is 21.5 Å². The van der Waals surface area contributed by atoms with Crippen LogP contribution in [0.3, 0.4) is 0 Å². The van der Waals surface area contributed by atoms with E-state index in [0.29, 0.717) is 16.0 Å². The van der Waals surface area contributed by atoms with Gasteiger partial charge in [0.2, 0.25) is 0 Å².